The number of likely N-dealkylation sites (tertiary alicyclic amines) is 1. The lowest BCUT2D eigenvalue weighted by molar-refractivity contribution is -0.148. The smallest absolute Gasteiger partial charge is 0.310 e. The largest absolute Gasteiger partial charge is 0.481 e. The Morgan fingerprint density at radius 3 is 2.81 bits per heavy atom. The fraction of sp³-hybridized carbons (Fsp3) is 0.917. The molecule has 3 nitrogen and oxygen atoms in total. The number of nitrogens with zero attached hydrogens (tertiary/aromatic N) is 1. The predicted molar refractivity (Wildman–Crippen MR) is 66.9 cm³/mol. The minimum absolute atomic E-state index is 0.465. The van der Waals surface area contributed by atoms with Crippen LogP contribution in [0, 0.1) is 5.41 Å². The molecule has 92 valence electrons. The molecule has 3 unspecified atom stereocenters. The predicted octanol–water partition coefficient (Wildman–Crippen LogP) is 2.07. The van der Waals surface area contributed by atoms with Gasteiger partial charge in [-0.3, -0.25) is 9.69 Å². The number of thioether (sulfide) groups is 1. The van der Waals surface area contributed by atoms with Crippen LogP contribution in [0.25, 0.3) is 0 Å². The van der Waals surface area contributed by atoms with Crippen LogP contribution in [0.1, 0.15) is 33.1 Å². The van der Waals surface area contributed by atoms with Crippen molar-refractivity contribution in [1.29, 1.82) is 0 Å². The number of rotatable bonds is 3. The minimum Gasteiger partial charge on any atom is -0.481 e. The van der Waals surface area contributed by atoms with Crippen LogP contribution in [0.3, 0.4) is 0 Å². The van der Waals surface area contributed by atoms with E-state index in [0.717, 1.165) is 25.9 Å². The van der Waals surface area contributed by atoms with Gasteiger partial charge in [0.25, 0.3) is 0 Å². The zero-order valence-electron chi connectivity index (χ0n) is 10.1. The molecule has 0 radical (unpaired) electrons. The monoisotopic (exact) mass is 243 g/mol. The Bertz CT molecular complexity index is 284. The van der Waals surface area contributed by atoms with Gasteiger partial charge in [-0.05, 0) is 31.6 Å². The Morgan fingerprint density at radius 1 is 1.62 bits per heavy atom. The molecule has 2 aliphatic rings. The number of carbonyl (C=O) groups is 1. The standard InChI is InChI=1S/C12H21NO2S/c1-3-12(11(14)15)5-6-13(8-12)10-4-7-16-9(10)2/h9-10H,3-8H2,1-2H3,(H,14,15). The summed E-state index contributed by atoms with van der Waals surface area (Å²) in [6, 6.07) is 0.609. The van der Waals surface area contributed by atoms with Crippen LogP contribution in [-0.4, -0.2) is 46.1 Å². The van der Waals surface area contributed by atoms with Crippen molar-refractivity contribution in [3.8, 4) is 0 Å². The van der Waals surface area contributed by atoms with E-state index < -0.39 is 11.4 Å². The van der Waals surface area contributed by atoms with Gasteiger partial charge in [-0.25, -0.2) is 0 Å². The molecular formula is C12H21NO2S. The fourth-order valence-electron chi connectivity index (χ4n) is 3.00. The van der Waals surface area contributed by atoms with Gasteiger partial charge in [-0.15, -0.1) is 0 Å². The van der Waals surface area contributed by atoms with E-state index in [1.807, 2.05) is 18.7 Å². The van der Waals surface area contributed by atoms with E-state index in [1.54, 1.807) is 0 Å². The molecule has 0 amide bonds. The summed E-state index contributed by atoms with van der Waals surface area (Å²) in [7, 11) is 0. The molecule has 2 aliphatic heterocycles. The maximum absolute atomic E-state index is 11.4. The van der Waals surface area contributed by atoms with Crippen LogP contribution in [-0.2, 0) is 4.79 Å². The summed E-state index contributed by atoms with van der Waals surface area (Å²) < 4.78 is 0. The molecule has 16 heavy (non-hydrogen) atoms. The molecule has 2 fully saturated rings. The molecule has 2 rings (SSSR count). The van der Waals surface area contributed by atoms with Crippen molar-refractivity contribution < 1.29 is 9.90 Å². The average Bonchev–Trinajstić information content (AvgIpc) is 2.84. The average molecular weight is 243 g/mol. The molecule has 0 saturated carbocycles. The highest BCUT2D eigenvalue weighted by Gasteiger charge is 2.46. The Morgan fingerprint density at radius 2 is 2.38 bits per heavy atom. The van der Waals surface area contributed by atoms with Crippen molar-refractivity contribution >= 4 is 17.7 Å². The molecule has 4 heteroatoms. The molecule has 3 atom stereocenters. The van der Waals surface area contributed by atoms with Crippen molar-refractivity contribution in [1.82, 2.24) is 4.90 Å². The summed E-state index contributed by atoms with van der Waals surface area (Å²) in [5.74, 6) is 0.630. The quantitative estimate of drug-likeness (QED) is 0.824. The van der Waals surface area contributed by atoms with Crippen molar-refractivity contribution in [2.24, 2.45) is 5.41 Å². The van der Waals surface area contributed by atoms with Crippen molar-refractivity contribution in [3.05, 3.63) is 0 Å². The van der Waals surface area contributed by atoms with Crippen molar-refractivity contribution in [2.45, 2.75) is 44.4 Å². The number of aliphatic carboxylic acids is 1. The zero-order valence-corrected chi connectivity index (χ0v) is 10.9. The Kier molecular flexibility index (Phi) is 3.50. The number of hydrogen-bond acceptors (Lipinski definition) is 3. The van der Waals surface area contributed by atoms with E-state index in [9.17, 15) is 9.90 Å². The normalized spacial score (nSPS) is 40.4. The van der Waals surface area contributed by atoms with Gasteiger partial charge in [0.15, 0.2) is 0 Å². The van der Waals surface area contributed by atoms with E-state index in [-0.39, 0.29) is 0 Å². The lowest BCUT2D eigenvalue weighted by atomic mass is 9.84. The van der Waals surface area contributed by atoms with Crippen molar-refractivity contribution in [2.75, 3.05) is 18.8 Å². The first kappa shape index (κ1) is 12.2. The summed E-state index contributed by atoms with van der Waals surface area (Å²) in [5.41, 5.74) is -0.465. The first-order valence-electron chi connectivity index (χ1n) is 6.18. The minimum atomic E-state index is -0.601. The van der Waals surface area contributed by atoms with Gasteiger partial charge in [0.1, 0.15) is 0 Å². The van der Waals surface area contributed by atoms with Crippen LogP contribution in [0.2, 0.25) is 0 Å². The molecule has 0 bridgehead atoms. The second-order valence-corrected chi connectivity index (χ2v) is 6.58. The zero-order chi connectivity index (χ0) is 11.8. The summed E-state index contributed by atoms with van der Waals surface area (Å²) >= 11 is 2.02. The molecule has 1 N–H and O–H groups in total. The van der Waals surface area contributed by atoms with E-state index in [1.165, 1.54) is 12.2 Å². The second-order valence-electron chi connectivity index (χ2n) is 5.09. The SMILES string of the molecule is CCC1(C(=O)O)CCN(C2CCSC2C)C1. The third kappa shape index (κ3) is 1.97. The topological polar surface area (TPSA) is 40.5 Å². The number of carboxylic acid groups (broad SMARTS) is 1. The summed E-state index contributed by atoms with van der Waals surface area (Å²) in [6.07, 6.45) is 2.81. The van der Waals surface area contributed by atoms with Gasteiger partial charge in [-0.2, -0.15) is 11.8 Å². The first-order chi connectivity index (χ1) is 7.59. The summed E-state index contributed by atoms with van der Waals surface area (Å²) in [6.45, 7) is 6.00. The Hall–Kier alpha value is -0.220. The lowest BCUT2D eigenvalue weighted by Crippen LogP contribution is -2.40. The number of carboxylic acids is 1. The van der Waals surface area contributed by atoms with Gasteiger partial charge in [0, 0.05) is 17.8 Å². The molecule has 0 aromatic heterocycles. The van der Waals surface area contributed by atoms with Gasteiger partial charge in [-0.1, -0.05) is 13.8 Å². The summed E-state index contributed by atoms with van der Waals surface area (Å²) in [5, 5.41) is 10.0. The fourth-order valence-corrected chi connectivity index (χ4v) is 4.28. The molecule has 2 saturated heterocycles. The van der Waals surface area contributed by atoms with Gasteiger partial charge in [0.2, 0.25) is 0 Å². The van der Waals surface area contributed by atoms with E-state index in [2.05, 4.69) is 11.8 Å². The van der Waals surface area contributed by atoms with Crippen LogP contribution < -0.4 is 0 Å². The van der Waals surface area contributed by atoms with Crippen molar-refractivity contribution in [3.63, 3.8) is 0 Å². The molecule has 0 aromatic carbocycles. The number of hydrogen-bond donors (Lipinski definition) is 1. The van der Waals surface area contributed by atoms with Crippen LogP contribution in [0.15, 0.2) is 0 Å². The first-order valence-corrected chi connectivity index (χ1v) is 7.23. The lowest BCUT2D eigenvalue weighted by Gasteiger charge is -2.29. The molecule has 0 aliphatic carbocycles. The third-order valence-electron chi connectivity index (χ3n) is 4.32. The van der Waals surface area contributed by atoms with Crippen LogP contribution in [0.4, 0.5) is 0 Å². The third-order valence-corrected chi connectivity index (χ3v) is 5.63. The highest BCUT2D eigenvalue weighted by atomic mass is 32.2. The Balaban J connectivity index is 2.04. The maximum atomic E-state index is 11.4. The van der Waals surface area contributed by atoms with E-state index in [4.69, 9.17) is 0 Å². The highest BCUT2D eigenvalue weighted by molar-refractivity contribution is 8.00. The molecule has 0 spiro atoms. The van der Waals surface area contributed by atoms with Gasteiger partial charge >= 0.3 is 5.97 Å². The van der Waals surface area contributed by atoms with Crippen LogP contribution in [0.5, 0.6) is 0 Å². The molecular weight excluding hydrogens is 222 g/mol. The molecule has 0 aromatic rings. The highest BCUT2D eigenvalue weighted by Crippen LogP contribution is 2.39. The maximum Gasteiger partial charge on any atom is 0.310 e. The summed E-state index contributed by atoms with van der Waals surface area (Å²) in [4.78, 5) is 13.8. The Labute approximate surface area is 102 Å². The van der Waals surface area contributed by atoms with Gasteiger partial charge in [0.05, 0.1) is 5.41 Å². The van der Waals surface area contributed by atoms with E-state index >= 15 is 0 Å². The second kappa shape index (κ2) is 4.57. The molecule has 2 heterocycles. The van der Waals surface area contributed by atoms with E-state index in [0.29, 0.717) is 11.3 Å². The van der Waals surface area contributed by atoms with Gasteiger partial charge < -0.3 is 5.11 Å². The van der Waals surface area contributed by atoms with Crippen LogP contribution >= 0.6 is 11.8 Å².